The number of nitrogens with zero attached hydrogens (tertiary/aromatic N) is 2. The normalized spacial score (nSPS) is 10.7. The summed E-state index contributed by atoms with van der Waals surface area (Å²) in [6, 6.07) is 87.7. The topological polar surface area (TPSA) is 36.4 Å². The zero-order chi connectivity index (χ0) is 44.5. The molecule has 0 bridgehead atoms. The maximum Gasteiger partial charge on any atom is 0.441 e. The summed E-state index contributed by atoms with van der Waals surface area (Å²) < 4.78 is 10.3. The van der Waals surface area contributed by atoms with E-state index in [1.807, 2.05) is 0 Å². The molecule has 62 heavy (non-hydrogen) atoms. The maximum atomic E-state index is 7.52. The number of hydrogen-bond donors (Lipinski definition) is 0. The molecule has 0 aliphatic rings. The van der Waals surface area contributed by atoms with Crippen LogP contribution in [0.15, 0.2) is 243 Å². The number of benzene rings is 8. The molecule has 0 radical (unpaired) electrons. The fourth-order valence-electron chi connectivity index (χ4n) is 7.00. The second-order valence-corrected chi connectivity index (χ2v) is 34.2. The Hall–Kier alpha value is -2.37. The summed E-state index contributed by atoms with van der Waals surface area (Å²) in [6.07, 6.45) is 0. The van der Waals surface area contributed by atoms with Crippen LogP contribution < -0.4 is 45.8 Å². The van der Waals surface area contributed by atoms with Gasteiger partial charge in [-0.2, -0.15) is 0 Å². The molecule has 8 aromatic rings. The molecule has 0 spiro atoms. The summed E-state index contributed by atoms with van der Waals surface area (Å²) in [6.45, 7) is 0. The fraction of sp³-hybridized carbons (Fsp3) is 0. The van der Waals surface area contributed by atoms with Gasteiger partial charge in [0, 0.05) is 0 Å². The Labute approximate surface area is 411 Å². The fourth-order valence-corrected chi connectivity index (χ4v) is 15.5. The monoisotopic (exact) mass is 1190 g/mol. The van der Waals surface area contributed by atoms with E-state index >= 15 is 0 Å². The predicted molar refractivity (Wildman–Crippen MR) is 278 cm³/mol. The van der Waals surface area contributed by atoms with Gasteiger partial charge in [-0.25, -0.2) is 0 Å². The molecule has 0 N–H and O–H groups in total. The standard InChI is InChI=1S/2C24H20P.6ClH.N2S2.2Pd/c2*1-5-13-21(14-6-1)25(22-15-7-2-8-16-22,23-17-9-3-10-18-23)24-19-11-4-12-20-24;;;;;;;1-4-2-3;;/h2*1-20H;6*1H;;;/q2*+1;;;;;;;;2*+2/p-6. The molecular weight excluding hydrogens is 1160 g/mol. The first-order valence-electron chi connectivity index (χ1n) is 18.3. The molecule has 0 aliphatic carbocycles. The Kier molecular flexibility index (Phi) is 24.6. The third-order valence-corrected chi connectivity index (χ3v) is 18.0. The van der Waals surface area contributed by atoms with Gasteiger partial charge < -0.3 is 4.78 Å². The molecule has 0 aliphatic heterocycles. The van der Waals surface area contributed by atoms with Crippen molar-refractivity contribution >= 4 is 138 Å². The molecule has 0 unspecified atom stereocenters. The predicted octanol–water partition coefficient (Wildman–Crippen LogP) is 12.5. The van der Waals surface area contributed by atoms with Crippen LogP contribution in [0.3, 0.4) is 0 Å². The third kappa shape index (κ3) is 15.1. The minimum absolute atomic E-state index is 0.296. The van der Waals surface area contributed by atoms with E-state index in [0.29, 0.717) is 11.4 Å². The Bertz CT molecular complexity index is 1990. The molecule has 0 atom stereocenters. The van der Waals surface area contributed by atoms with E-state index < -0.39 is 41.9 Å². The van der Waals surface area contributed by atoms with Crippen LogP contribution >= 0.6 is 71.7 Å². The van der Waals surface area contributed by atoms with Gasteiger partial charge >= 0.3 is 97.0 Å². The van der Waals surface area contributed by atoms with Gasteiger partial charge in [-0.15, -0.1) is 0 Å². The van der Waals surface area contributed by atoms with E-state index in [2.05, 4.69) is 258 Å². The van der Waals surface area contributed by atoms with Crippen LogP contribution in [0.4, 0.5) is 0 Å². The Morgan fingerprint density at radius 2 is 0.403 bits per heavy atom. The van der Waals surface area contributed by atoms with Crippen molar-refractivity contribution in [2.75, 3.05) is 0 Å². The Balaban J connectivity index is 0.000000217. The smallest absolute Gasteiger partial charge is 0.441 e. The van der Waals surface area contributed by atoms with Crippen molar-refractivity contribution < 1.29 is 27.4 Å². The van der Waals surface area contributed by atoms with Crippen LogP contribution in [0.1, 0.15) is 0 Å². The molecule has 8 rings (SSSR count). The van der Waals surface area contributed by atoms with Gasteiger partial charge in [0.1, 0.15) is 57.0 Å². The molecule has 2 nitrogen and oxygen atoms in total. The average Bonchev–Trinajstić information content (AvgIpc) is 3.32. The van der Waals surface area contributed by atoms with Gasteiger partial charge in [0.15, 0.2) is 11.4 Å². The van der Waals surface area contributed by atoms with Crippen molar-refractivity contribution in [2.24, 2.45) is 0 Å². The van der Waals surface area contributed by atoms with E-state index in [4.69, 9.17) is 62.0 Å². The average molecular weight is 1200 g/mol. The van der Waals surface area contributed by atoms with Crippen LogP contribution in [0.5, 0.6) is 0 Å². The molecule has 0 amide bonds. The van der Waals surface area contributed by atoms with Crippen LogP contribution in [0, 0.1) is 0 Å². The van der Waals surface area contributed by atoms with Gasteiger partial charge in [-0.05, 0) is 97.1 Å². The van der Waals surface area contributed by atoms with Gasteiger partial charge in [-0.1, -0.05) is 146 Å². The largest absolute Gasteiger partial charge is 0.672 e. The molecule has 0 saturated heterocycles. The van der Waals surface area contributed by atoms with Crippen LogP contribution in [-0.2, 0) is 51.2 Å². The quantitative estimate of drug-likeness (QED) is 0.0848. The summed E-state index contributed by atoms with van der Waals surface area (Å²) in [5.74, 6) is 0. The van der Waals surface area contributed by atoms with Crippen molar-refractivity contribution in [3.63, 3.8) is 0 Å². The van der Waals surface area contributed by atoms with Crippen molar-refractivity contribution in [1.29, 1.82) is 0 Å². The van der Waals surface area contributed by atoms with Crippen molar-refractivity contribution in [2.45, 2.75) is 0 Å². The first-order chi connectivity index (χ1) is 30.2. The summed E-state index contributed by atoms with van der Waals surface area (Å²) in [5.41, 5.74) is 0. The second-order valence-electron chi connectivity index (χ2n) is 12.5. The van der Waals surface area contributed by atoms with Gasteiger partial charge in [0.2, 0.25) is 0 Å². The van der Waals surface area contributed by atoms with E-state index in [1.54, 1.807) is 0 Å². The van der Waals surface area contributed by atoms with Crippen LogP contribution in [0.2, 0.25) is 0 Å². The number of hydrogen-bond acceptors (Lipinski definition) is 1. The van der Waals surface area contributed by atoms with E-state index in [9.17, 15) is 0 Å². The maximum absolute atomic E-state index is 7.52. The summed E-state index contributed by atoms with van der Waals surface area (Å²) in [4.78, 5) is 0. The van der Waals surface area contributed by atoms with Crippen LogP contribution in [-0.4, -0.2) is 0 Å². The zero-order valence-corrected chi connectivity index (χ0v) is 43.7. The molecule has 0 aromatic heterocycles. The van der Waals surface area contributed by atoms with E-state index in [-0.39, 0.29) is 0 Å². The molecule has 0 heterocycles. The molecule has 14 heteroatoms. The summed E-state index contributed by atoms with van der Waals surface area (Å²) in [5, 5.41) is 11.1. The molecular formula is C48H40Cl6N2P2Pd2S2. The SMILES string of the molecule is [Cl][Pd-]([Cl])[Cl].[Cl][Pd-]([Cl])[Cl].[N-]=S=[N+]=S.c1ccc([P+](c2ccccc2)(c2ccccc2)c2ccccc2)cc1.c1ccc([P+](c2ccccc2)(c2ccccc2)c2ccccc2)cc1. The van der Waals surface area contributed by atoms with E-state index in [1.165, 1.54) is 42.4 Å². The minimum atomic E-state index is -1.91. The first-order valence-corrected chi connectivity index (χ1v) is 35.0. The van der Waals surface area contributed by atoms with Gasteiger partial charge in [0.25, 0.3) is 0 Å². The van der Waals surface area contributed by atoms with Crippen molar-refractivity contribution in [3.8, 4) is 0 Å². The summed E-state index contributed by atoms with van der Waals surface area (Å²) >= 11 is 1.05. The molecule has 0 saturated carbocycles. The van der Waals surface area contributed by atoms with Crippen LogP contribution in [0.25, 0.3) is 4.78 Å². The Morgan fingerprint density at radius 1 is 0.306 bits per heavy atom. The van der Waals surface area contributed by atoms with Crippen molar-refractivity contribution in [1.82, 2.24) is 3.41 Å². The molecule has 8 aromatic carbocycles. The van der Waals surface area contributed by atoms with E-state index in [0.717, 1.165) is 0 Å². The molecule has 0 fully saturated rings. The number of halogens is 6. The molecule has 326 valence electrons. The minimum Gasteiger partial charge on any atom is -0.672 e. The van der Waals surface area contributed by atoms with Gasteiger partial charge in [-0.3, -0.25) is 0 Å². The zero-order valence-electron chi connectivity index (χ0n) is 32.6. The van der Waals surface area contributed by atoms with Gasteiger partial charge in [0.05, 0.1) is 3.41 Å². The van der Waals surface area contributed by atoms with Crippen molar-refractivity contribution in [3.05, 3.63) is 247 Å². The number of rotatable bonds is 8. The summed E-state index contributed by atoms with van der Waals surface area (Å²) in [7, 11) is 25.7. The first kappa shape index (κ1) is 52.3. The Morgan fingerprint density at radius 3 is 0.484 bits per heavy atom. The third-order valence-electron chi connectivity index (χ3n) is 9.18. The second kappa shape index (κ2) is 29.2.